The summed E-state index contributed by atoms with van der Waals surface area (Å²) in [4.78, 5) is 18.5. The zero-order valence-electron chi connectivity index (χ0n) is 17.3. The molecule has 3 aromatic rings. The Morgan fingerprint density at radius 1 is 1.06 bits per heavy atom. The fourth-order valence-corrected chi connectivity index (χ4v) is 3.75. The zero-order chi connectivity index (χ0) is 21.6. The highest BCUT2D eigenvalue weighted by Gasteiger charge is 2.13. The van der Waals surface area contributed by atoms with Crippen LogP contribution in [0.1, 0.15) is 35.2 Å². The molecule has 6 nitrogen and oxygen atoms in total. The van der Waals surface area contributed by atoms with Gasteiger partial charge in [0.2, 0.25) is 0 Å². The molecule has 2 aromatic carbocycles. The maximum atomic E-state index is 13.9. The highest BCUT2D eigenvalue weighted by atomic mass is 19.1. The largest absolute Gasteiger partial charge is 0.380 e. The van der Waals surface area contributed by atoms with E-state index in [4.69, 9.17) is 5.73 Å². The molecule has 0 bridgehead atoms. The number of nitrogens with zero attached hydrogens (tertiary/aromatic N) is 2. The summed E-state index contributed by atoms with van der Waals surface area (Å²) < 4.78 is 13.9. The van der Waals surface area contributed by atoms with Crippen LogP contribution in [0.3, 0.4) is 0 Å². The van der Waals surface area contributed by atoms with Gasteiger partial charge < -0.3 is 21.3 Å². The van der Waals surface area contributed by atoms with Gasteiger partial charge in [-0.15, -0.1) is 0 Å². The van der Waals surface area contributed by atoms with E-state index in [2.05, 4.69) is 32.7 Å². The summed E-state index contributed by atoms with van der Waals surface area (Å²) in [5.41, 5.74) is 8.84. The first kappa shape index (κ1) is 20.7. The lowest BCUT2D eigenvalue weighted by molar-refractivity contribution is 0.100. The molecule has 31 heavy (non-hydrogen) atoms. The third kappa shape index (κ3) is 5.12. The smallest absolute Gasteiger partial charge is 0.252 e. The molecule has 1 aromatic heterocycles. The number of nitrogens with two attached hydrogens (primary N) is 1. The molecule has 4 rings (SSSR count). The SMILES string of the molecule is NC(=O)c1cnc(Nc2ccc(N3CCCCC3)cc2)cc1NCc1ccccc1F. The lowest BCUT2D eigenvalue weighted by Crippen LogP contribution is -2.29. The number of anilines is 4. The van der Waals surface area contributed by atoms with E-state index in [1.807, 2.05) is 12.1 Å². The number of aromatic nitrogens is 1. The average molecular weight is 420 g/mol. The number of amides is 1. The fourth-order valence-electron chi connectivity index (χ4n) is 3.75. The van der Waals surface area contributed by atoms with Crippen LogP contribution in [0.4, 0.5) is 27.3 Å². The van der Waals surface area contributed by atoms with Crippen molar-refractivity contribution in [1.82, 2.24) is 4.98 Å². The second-order valence-corrected chi connectivity index (χ2v) is 7.64. The van der Waals surface area contributed by atoms with E-state index in [-0.39, 0.29) is 17.9 Å². The topological polar surface area (TPSA) is 83.3 Å². The molecule has 0 radical (unpaired) electrons. The number of hydrogen-bond acceptors (Lipinski definition) is 5. The Morgan fingerprint density at radius 3 is 2.52 bits per heavy atom. The minimum atomic E-state index is -0.596. The predicted molar refractivity (Wildman–Crippen MR) is 122 cm³/mol. The first-order chi connectivity index (χ1) is 15.1. The average Bonchev–Trinajstić information content (AvgIpc) is 2.79. The minimum absolute atomic E-state index is 0.223. The lowest BCUT2D eigenvalue weighted by Gasteiger charge is -2.28. The fraction of sp³-hybridized carbons (Fsp3) is 0.250. The van der Waals surface area contributed by atoms with Crippen LogP contribution in [0, 0.1) is 5.82 Å². The van der Waals surface area contributed by atoms with Crippen molar-refractivity contribution >= 4 is 28.8 Å². The van der Waals surface area contributed by atoms with Gasteiger partial charge in [0, 0.05) is 48.8 Å². The number of pyridine rings is 1. The normalized spacial score (nSPS) is 13.6. The molecule has 1 fully saturated rings. The number of carbonyl (C=O) groups excluding carboxylic acids is 1. The van der Waals surface area contributed by atoms with Gasteiger partial charge in [-0.2, -0.15) is 0 Å². The number of benzene rings is 2. The Labute approximate surface area is 181 Å². The molecule has 1 aliphatic rings. The van der Waals surface area contributed by atoms with Gasteiger partial charge in [0.15, 0.2) is 0 Å². The van der Waals surface area contributed by atoms with Gasteiger partial charge in [0.1, 0.15) is 11.6 Å². The third-order valence-corrected chi connectivity index (χ3v) is 5.46. The van der Waals surface area contributed by atoms with E-state index in [0.717, 1.165) is 18.8 Å². The molecule has 0 aliphatic carbocycles. The van der Waals surface area contributed by atoms with Crippen LogP contribution in [0.25, 0.3) is 0 Å². The van der Waals surface area contributed by atoms with Crippen molar-refractivity contribution in [1.29, 1.82) is 0 Å². The van der Waals surface area contributed by atoms with Crippen molar-refractivity contribution in [3.63, 3.8) is 0 Å². The van der Waals surface area contributed by atoms with Gasteiger partial charge in [-0.25, -0.2) is 9.37 Å². The van der Waals surface area contributed by atoms with E-state index in [1.165, 1.54) is 37.2 Å². The van der Waals surface area contributed by atoms with Crippen LogP contribution in [0.2, 0.25) is 0 Å². The predicted octanol–water partition coefficient (Wildman–Crippen LogP) is 4.67. The van der Waals surface area contributed by atoms with Gasteiger partial charge >= 0.3 is 0 Å². The van der Waals surface area contributed by atoms with E-state index in [1.54, 1.807) is 24.3 Å². The number of primary amides is 1. The molecule has 0 spiro atoms. The third-order valence-electron chi connectivity index (χ3n) is 5.46. The van der Waals surface area contributed by atoms with Crippen LogP contribution in [0.5, 0.6) is 0 Å². The van der Waals surface area contributed by atoms with Crippen molar-refractivity contribution in [2.75, 3.05) is 28.6 Å². The Morgan fingerprint density at radius 2 is 1.81 bits per heavy atom. The molecule has 160 valence electrons. The van der Waals surface area contributed by atoms with Gasteiger partial charge in [0.05, 0.1) is 11.3 Å². The van der Waals surface area contributed by atoms with Crippen LogP contribution in [-0.2, 0) is 6.54 Å². The Balaban J connectivity index is 1.48. The summed E-state index contributed by atoms with van der Waals surface area (Å²) in [6.45, 7) is 2.42. The highest BCUT2D eigenvalue weighted by Crippen LogP contribution is 2.25. The van der Waals surface area contributed by atoms with Crippen molar-refractivity contribution in [3.8, 4) is 0 Å². The number of nitrogens with one attached hydrogen (secondary N) is 2. The Kier molecular flexibility index (Phi) is 6.31. The highest BCUT2D eigenvalue weighted by molar-refractivity contribution is 5.98. The summed E-state index contributed by atoms with van der Waals surface area (Å²) in [7, 11) is 0. The van der Waals surface area contributed by atoms with Crippen molar-refractivity contribution in [2.45, 2.75) is 25.8 Å². The number of halogens is 1. The first-order valence-corrected chi connectivity index (χ1v) is 10.5. The monoisotopic (exact) mass is 419 g/mol. The number of rotatable bonds is 7. The summed E-state index contributed by atoms with van der Waals surface area (Å²) in [5.74, 6) is -0.343. The van der Waals surface area contributed by atoms with Gasteiger partial charge in [-0.05, 0) is 49.6 Å². The van der Waals surface area contributed by atoms with E-state index in [9.17, 15) is 9.18 Å². The number of piperidine rings is 1. The maximum absolute atomic E-state index is 13.9. The molecule has 0 atom stereocenters. The van der Waals surface area contributed by atoms with Gasteiger partial charge in [0.25, 0.3) is 5.91 Å². The summed E-state index contributed by atoms with van der Waals surface area (Å²) in [6.07, 6.45) is 5.20. The lowest BCUT2D eigenvalue weighted by atomic mass is 10.1. The van der Waals surface area contributed by atoms with Crippen molar-refractivity contribution in [2.24, 2.45) is 5.73 Å². The van der Waals surface area contributed by atoms with E-state index < -0.39 is 5.91 Å². The summed E-state index contributed by atoms with van der Waals surface area (Å²) >= 11 is 0. The summed E-state index contributed by atoms with van der Waals surface area (Å²) in [5, 5.41) is 6.36. The van der Waals surface area contributed by atoms with Crippen LogP contribution in [0.15, 0.2) is 60.8 Å². The summed E-state index contributed by atoms with van der Waals surface area (Å²) in [6, 6.07) is 16.4. The van der Waals surface area contributed by atoms with Gasteiger partial charge in [-0.1, -0.05) is 18.2 Å². The van der Waals surface area contributed by atoms with E-state index in [0.29, 0.717) is 17.1 Å². The van der Waals surface area contributed by atoms with Crippen LogP contribution in [-0.4, -0.2) is 24.0 Å². The zero-order valence-corrected chi connectivity index (χ0v) is 17.3. The molecule has 4 N–H and O–H groups in total. The molecule has 1 aliphatic heterocycles. The van der Waals surface area contributed by atoms with Crippen molar-refractivity contribution in [3.05, 3.63) is 77.7 Å². The Bertz CT molecular complexity index is 1050. The van der Waals surface area contributed by atoms with Crippen LogP contribution >= 0.6 is 0 Å². The quantitative estimate of drug-likeness (QED) is 0.519. The molecule has 1 saturated heterocycles. The second-order valence-electron chi connectivity index (χ2n) is 7.64. The standard InChI is InChI=1S/C24H26FN5O/c25-21-7-3-2-6-17(21)15-27-22-14-23(28-16-20(22)24(26)31)29-18-8-10-19(11-9-18)30-12-4-1-5-13-30/h2-3,6-11,14,16H,1,4-5,12-13,15H2,(H2,26,31)(H2,27,28,29). The second kappa shape index (κ2) is 9.47. The molecule has 7 heteroatoms. The number of carbonyl (C=O) groups is 1. The molecule has 1 amide bonds. The number of hydrogen-bond donors (Lipinski definition) is 3. The first-order valence-electron chi connectivity index (χ1n) is 10.5. The van der Waals surface area contributed by atoms with Gasteiger partial charge in [-0.3, -0.25) is 4.79 Å². The maximum Gasteiger partial charge on any atom is 0.252 e. The Hall–Kier alpha value is -3.61. The molecular formula is C24H26FN5O. The molecule has 2 heterocycles. The van der Waals surface area contributed by atoms with E-state index >= 15 is 0 Å². The molecule has 0 unspecified atom stereocenters. The molecule has 0 saturated carbocycles. The van der Waals surface area contributed by atoms with Crippen molar-refractivity contribution < 1.29 is 9.18 Å². The van der Waals surface area contributed by atoms with Crippen LogP contribution < -0.4 is 21.3 Å². The minimum Gasteiger partial charge on any atom is -0.380 e. The molecular weight excluding hydrogens is 393 g/mol.